The van der Waals surface area contributed by atoms with E-state index in [0.717, 1.165) is 33.4 Å². The lowest BCUT2D eigenvalue weighted by atomic mass is 9.90. The van der Waals surface area contributed by atoms with Gasteiger partial charge in [-0.1, -0.05) is 18.2 Å². The second-order valence-electron chi connectivity index (χ2n) is 7.87. The molecule has 162 valence electrons. The van der Waals surface area contributed by atoms with Crippen molar-refractivity contribution in [2.45, 2.75) is 18.9 Å². The maximum absolute atomic E-state index is 13.2. The van der Waals surface area contributed by atoms with Gasteiger partial charge in [-0.2, -0.15) is 5.10 Å². The number of nitrogens with zero attached hydrogens (tertiary/aromatic N) is 6. The highest BCUT2D eigenvalue weighted by atomic mass is 127. The third-order valence-electron chi connectivity index (χ3n) is 5.77. The Balaban J connectivity index is 1.35. The highest BCUT2D eigenvalue weighted by molar-refractivity contribution is 14.1. The summed E-state index contributed by atoms with van der Waals surface area (Å²) in [5.74, 6) is 1.21. The maximum Gasteiger partial charge on any atom is 0.156 e. The number of hydrogen-bond acceptors (Lipinski definition) is 6. The Morgan fingerprint density at radius 3 is 2.53 bits per heavy atom. The molecule has 1 N–H and O–H groups in total. The molecular formula is C23H20FIN6O. The van der Waals surface area contributed by atoms with E-state index in [0.29, 0.717) is 23.5 Å². The molecular weight excluding hydrogens is 522 g/mol. The number of aromatic nitrogens is 5. The predicted octanol–water partition coefficient (Wildman–Crippen LogP) is 3.81. The Morgan fingerprint density at radius 1 is 1.09 bits per heavy atom. The van der Waals surface area contributed by atoms with Crippen LogP contribution in [0.3, 0.4) is 0 Å². The third-order valence-corrected chi connectivity index (χ3v) is 6.36. The van der Waals surface area contributed by atoms with Gasteiger partial charge in [0.05, 0.1) is 0 Å². The summed E-state index contributed by atoms with van der Waals surface area (Å²) in [5, 5.41) is 15.2. The minimum absolute atomic E-state index is 0.344. The summed E-state index contributed by atoms with van der Waals surface area (Å²) in [7, 11) is 0. The van der Waals surface area contributed by atoms with Crippen LogP contribution in [-0.4, -0.2) is 42.8 Å². The molecule has 3 aromatic heterocycles. The molecule has 1 aliphatic rings. The summed E-state index contributed by atoms with van der Waals surface area (Å²) in [6.45, 7) is 3.14. The zero-order valence-electron chi connectivity index (χ0n) is 17.3. The van der Waals surface area contributed by atoms with Gasteiger partial charge in [0.15, 0.2) is 11.6 Å². The van der Waals surface area contributed by atoms with E-state index in [4.69, 9.17) is 0 Å². The monoisotopic (exact) mass is 542 g/mol. The van der Waals surface area contributed by atoms with Gasteiger partial charge in [0.1, 0.15) is 23.3 Å². The van der Waals surface area contributed by atoms with Gasteiger partial charge in [-0.15, -0.1) is 0 Å². The van der Waals surface area contributed by atoms with Crippen molar-refractivity contribution >= 4 is 39.5 Å². The number of halogens is 2. The minimum atomic E-state index is -1.31. The Morgan fingerprint density at radius 2 is 1.84 bits per heavy atom. The number of hydrogen-bond donors (Lipinski definition) is 1. The number of fused-ring (bicyclic) bond motifs is 1. The van der Waals surface area contributed by atoms with Gasteiger partial charge in [0.25, 0.3) is 0 Å². The molecule has 0 bridgehead atoms. The molecule has 0 fully saturated rings. The first-order chi connectivity index (χ1) is 15.4. The van der Waals surface area contributed by atoms with E-state index in [1.807, 2.05) is 10.7 Å². The van der Waals surface area contributed by atoms with Gasteiger partial charge in [-0.25, -0.2) is 23.9 Å². The Hall–Kier alpha value is -2.92. The molecule has 0 saturated heterocycles. The molecule has 1 atom stereocenters. The Labute approximate surface area is 197 Å². The normalized spacial score (nSPS) is 16.1. The van der Waals surface area contributed by atoms with Crippen LogP contribution in [0.25, 0.3) is 11.1 Å². The molecule has 5 rings (SSSR count). The van der Waals surface area contributed by atoms with Crippen molar-refractivity contribution in [3.05, 3.63) is 87.7 Å². The van der Waals surface area contributed by atoms with Crippen LogP contribution >= 0.6 is 22.6 Å². The fraction of sp³-hybridized carbons (Fsp3) is 0.217. The van der Waals surface area contributed by atoms with Crippen molar-refractivity contribution in [1.29, 1.82) is 0 Å². The summed E-state index contributed by atoms with van der Waals surface area (Å²) in [6, 6.07) is 7.87. The summed E-state index contributed by atoms with van der Waals surface area (Å²) in [6.07, 6.45) is 9.71. The lowest BCUT2D eigenvalue weighted by molar-refractivity contribution is 0.101. The van der Waals surface area contributed by atoms with Crippen molar-refractivity contribution in [3.8, 4) is 0 Å². The molecule has 0 radical (unpaired) electrons. The lowest BCUT2D eigenvalue weighted by Crippen LogP contribution is -2.30. The molecule has 7 nitrogen and oxygen atoms in total. The van der Waals surface area contributed by atoms with Crippen LogP contribution in [0.2, 0.25) is 0 Å². The van der Waals surface area contributed by atoms with Gasteiger partial charge in [-0.05, 0) is 65.3 Å². The molecule has 4 aromatic rings. The number of benzene rings is 1. The van der Waals surface area contributed by atoms with Crippen LogP contribution in [-0.2, 0) is 5.60 Å². The molecule has 0 amide bonds. The van der Waals surface area contributed by atoms with E-state index in [1.165, 1.54) is 12.1 Å². The molecule has 1 aliphatic heterocycles. The highest BCUT2D eigenvalue weighted by Crippen LogP contribution is 2.30. The smallest absolute Gasteiger partial charge is 0.156 e. The van der Waals surface area contributed by atoms with Gasteiger partial charge in [-0.3, -0.25) is 0 Å². The van der Waals surface area contributed by atoms with Crippen molar-refractivity contribution in [3.63, 3.8) is 0 Å². The molecule has 1 aromatic carbocycles. The first-order valence-electron chi connectivity index (χ1n) is 10.2. The van der Waals surface area contributed by atoms with E-state index in [1.54, 1.807) is 37.8 Å². The van der Waals surface area contributed by atoms with E-state index in [-0.39, 0.29) is 5.82 Å². The SMILES string of the molecule is CC(O)(c1ccc(F)cc1)c1cnc(C2=CCN(c3ncnn4cc(I)cc34)CC2)nc1. The van der Waals surface area contributed by atoms with Crippen LogP contribution < -0.4 is 4.90 Å². The van der Waals surface area contributed by atoms with Gasteiger partial charge in [0, 0.05) is 40.8 Å². The molecule has 1 unspecified atom stereocenters. The molecule has 0 aliphatic carbocycles. The first kappa shape index (κ1) is 21.0. The quantitative estimate of drug-likeness (QED) is 0.396. The van der Waals surface area contributed by atoms with Crippen molar-refractivity contribution in [2.24, 2.45) is 0 Å². The Kier molecular flexibility index (Phi) is 5.38. The lowest BCUT2D eigenvalue weighted by Gasteiger charge is -2.27. The van der Waals surface area contributed by atoms with Gasteiger partial charge >= 0.3 is 0 Å². The second kappa shape index (κ2) is 8.21. The zero-order chi connectivity index (χ0) is 22.3. The summed E-state index contributed by atoms with van der Waals surface area (Å²) >= 11 is 2.27. The Bertz CT molecular complexity index is 1300. The second-order valence-corrected chi connectivity index (χ2v) is 9.12. The van der Waals surface area contributed by atoms with E-state index in [2.05, 4.69) is 59.7 Å². The zero-order valence-corrected chi connectivity index (χ0v) is 19.4. The molecule has 0 saturated carbocycles. The predicted molar refractivity (Wildman–Crippen MR) is 128 cm³/mol. The van der Waals surface area contributed by atoms with Crippen LogP contribution in [0.4, 0.5) is 10.2 Å². The van der Waals surface area contributed by atoms with Crippen molar-refractivity contribution in [2.75, 3.05) is 18.0 Å². The van der Waals surface area contributed by atoms with E-state index in [9.17, 15) is 9.50 Å². The summed E-state index contributed by atoms with van der Waals surface area (Å²) in [4.78, 5) is 15.7. The molecule has 32 heavy (non-hydrogen) atoms. The minimum Gasteiger partial charge on any atom is -0.381 e. The van der Waals surface area contributed by atoms with Crippen LogP contribution in [0, 0.1) is 9.39 Å². The standard InChI is InChI=1S/C23H20FIN6O/c1-23(32,16-2-4-18(24)5-3-16)17-11-26-21(27-12-17)15-6-8-30(9-7-15)22-20-10-19(25)13-31(20)29-14-28-22/h2-6,10-14,32H,7-9H2,1H3. The fourth-order valence-corrected chi connectivity index (χ4v) is 4.44. The van der Waals surface area contributed by atoms with Gasteiger partial charge < -0.3 is 10.0 Å². The number of rotatable bonds is 4. The van der Waals surface area contributed by atoms with Crippen LogP contribution in [0.5, 0.6) is 0 Å². The van der Waals surface area contributed by atoms with Crippen LogP contribution in [0.15, 0.2) is 61.3 Å². The molecule has 9 heteroatoms. The first-order valence-corrected chi connectivity index (χ1v) is 11.2. The third kappa shape index (κ3) is 3.86. The molecule has 4 heterocycles. The highest BCUT2D eigenvalue weighted by Gasteiger charge is 2.27. The van der Waals surface area contributed by atoms with Crippen molar-refractivity contribution < 1.29 is 9.50 Å². The topological polar surface area (TPSA) is 79.4 Å². The number of aliphatic hydroxyl groups is 1. The average Bonchev–Trinajstić information content (AvgIpc) is 3.20. The maximum atomic E-state index is 13.2. The van der Waals surface area contributed by atoms with E-state index >= 15 is 0 Å². The molecule has 0 spiro atoms. The average molecular weight is 542 g/mol. The van der Waals surface area contributed by atoms with Crippen LogP contribution in [0.1, 0.15) is 30.3 Å². The fourth-order valence-electron chi connectivity index (χ4n) is 3.88. The summed E-state index contributed by atoms with van der Waals surface area (Å²) < 4.78 is 16.2. The van der Waals surface area contributed by atoms with Crippen molar-refractivity contribution in [1.82, 2.24) is 24.6 Å². The van der Waals surface area contributed by atoms with E-state index < -0.39 is 5.60 Å². The number of anilines is 1. The van der Waals surface area contributed by atoms with Gasteiger partial charge in [0.2, 0.25) is 0 Å². The summed E-state index contributed by atoms with van der Waals surface area (Å²) in [5.41, 5.74) is 1.87. The largest absolute Gasteiger partial charge is 0.381 e.